The highest BCUT2D eigenvalue weighted by molar-refractivity contribution is 5.84. The summed E-state index contributed by atoms with van der Waals surface area (Å²) in [6.07, 6.45) is 3.80. The molecule has 2 aromatic heterocycles. The van der Waals surface area contributed by atoms with E-state index in [1.54, 1.807) is 18.3 Å². The van der Waals surface area contributed by atoms with Crippen molar-refractivity contribution in [1.82, 2.24) is 19.9 Å². The van der Waals surface area contributed by atoms with Crippen molar-refractivity contribution in [3.63, 3.8) is 0 Å². The standard InChI is InChI=1S/C17H18FN5O2/c1-11(19-2)10-25-15-4-3-13(18)7-14(15)21-16-5-6-23-17(22-16)12(9-24)8-20-23/h3-9,11,19H,10H2,1-2H3,(H,21,22). The van der Waals surface area contributed by atoms with E-state index in [-0.39, 0.29) is 6.04 Å². The fourth-order valence-corrected chi connectivity index (χ4v) is 2.20. The smallest absolute Gasteiger partial charge is 0.167 e. The van der Waals surface area contributed by atoms with E-state index < -0.39 is 5.82 Å². The van der Waals surface area contributed by atoms with Crippen LogP contribution in [-0.2, 0) is 0 Å². The van der Waals surface area contributed by atoms with Gasteiger partial charge in [-0.3, -0.25) is 4.79 Å². The molecule has 0 aliphatic rings. The summed E-state index contributed by atoms with van der Waals surface area (Å²) in [7, 11) is 1.84. The van der Waals surface area contributed by atoms with Crippen LogP contribution in [-0.4, -0.2) is 40.6 Å². The maximum absolute atomic E-state index is 13.6. The SMILES string of the molecule is CNC(C)COc1ccc(F)cc1Nc1ccn2ncc(C=O)c2n1. The summed E-state index contributed by atoms with van der Waals surface area (Å²) in [4.78, 5) is 15.4. The van der Waals surface area contributed by atoms with Gasteiger partial charge in [0.2, 0.25) is 0 Å². The van der Waals surface area contributed by atoms with Gasteiger partial charge in [-0.05, 0) is 32.2 Å². The third-order valence-corrected chi connectivity index (χ3v) is 3.71. The van der Waals surface area contributed by atoms with Gasteiger partial charge in [0.15, 0.2) is 11.9 Å². The number of rotatable bonds is 7. The van der Waals surface area contributed by atoms with E-state index in [1.165, 1.54) is 22.8 Å². The minimum Gasteiger partial charge on any atom is -0.490 e. The normalized spacial score (nSPS) is 12.1. The first-order chi connectivity index (χ1) is 12.1. The fourth-order valence-electron chi connectivity index (χ4n) is 2.20. The molecule has 0 bridgehead atoms. The highest BCUT2D eigenvalue weighted by atomic mass is 19.1. The first-order valence-electron chi connectivity index (χ1n) is 7.77. The number of likely N-dealkylation sites (N-methyl/N-ethyl adjacent to an activating group) is 1. The van der Waals surface area contributed by atoms with Gasteiger partial charge in [-0.25, -0.2) is 13.9 Å². The average Bonchev–Trinajstić information content (AvgIpc) is 3.03. The summed E-state index contributed by atoms with van der Waals surface area (Å²) in [6, 6.07) is 6.06. The highest BCUT2D eigenvalue weighted by Gasteiger charge is 2.10. The molecule has 2 heterocycles. The number of aldehydes is 1. The number of hydrogen-bond donors (Lipinski definition) is 2. The minimum absolute atomic E-state index is 0.148. The summed E-state index contributed by atoms with van der Waals surface area (Å²) < 4.78 is 20.9. The number of aromatic nitrogens is 3. The van der Waals surface area contributed by atoms with Crippen LogP contribution in [0, 0.1) is 5.82 Å². The van der Waals surface area contributed by atoms with E-state index in [4.69, 9.17) is 4.74 Å². The van der Waals surface area contributed by atoms with Crippen LogP contribution < -0.4 is 15.4 Å². The Balaban J connectivity index is 1.88. The molecule has 0 spiro atoms. The first kappa shape index (κ1) is 16.8. The largest absolute Gasteiger partial charge is 0.490 e. The lowest BCUT2D eigenvalue weighted by molar-refractivity contribution is 0.112. The number of halogens is 1. The van der Waals surface area contributed by atoms with Crippen molar-refractivity contribution < 1.29 is 13.9 Å². The van der Waals surface area contributed by atoms with E-state index in [9.17, 15) is 9.18 Å². The molecule has 7 nitrogen and oxygen atoms in total. The Hall–Kier alpha value is -3.00. The number of benzene rings is 1. The number of nitrogens with one attached hydrogen (secondary N) is 2. The zero-order chi connectivity index (χ0) is 17.8. The van der Waals surface area contributed by atoms with Gasteiger partial charge in [0.1, 0.15) is 24.0 Å². The number of fused-ring (bicyclic) bond motifs is 1. The molecule has 0 amide bonds. The Morgan fingerprint density at radius 3 is 3.00 bits per heavy atom. The molecule has 1 unspecified atom stereocenters. The molecule has 3 rings (SSSR count). The van der Waals surface area contributed by atoms with Crippen LogP contribution in [0.25, 0.3) is 5.65 Å². The lowest BCUT2D eigenvalue weighted by Gasteiger charge is -2.16. The predicted octanol–water partition coefficient (Wildman–Crippen LogP) is 2.41. The Bertz CT molecular complexity index is 896. The number of ether oxygens (including phenoxy) is 1. The van der Waals surface area contributed by atoms with Crippen LogP contribution in [0.5, 0.6) is 5.75 Å². The van der Waals surface area contributed by atoms with Gasteiger partial charge in [-0.1, -0.05) is 0 Å². The van der Waals surface area contributed by atoms with E-state index in [2.05, 4.69) is 20.7 Å². The first-order valence-corrected chi connectivity index (χ1v) is 7.77. The van der Waals surface area contributed by atoms with Gasteiger partial charge >= 0.3 is 0 Å². The Kier molecular flexibility index (Phi) is 4.90. The van der Waals surface area contributed by atoms with E-state index in [1.807, 2.05) is 14.0 Å². The van der Waals surface area contributed by atoms with Crippen LogP contribution in [0.1, 0.15) is 17.3 Å². The van der Waals surface area contributed by atoms with Gasteiger partial charge < -0.3 is 15.4 Å². The second-order valence-corrected chi connectivity index (χ2v) is 5.56. The second kappa shape index (κ2) is 7.27. The molecule has 0 saturated carbocycles. The molecule has 3 aromatic rings. The third kappa shape index (κ3) is 3.74. The number of anilines is 2. The molecule has 1 aromatic carbocycles. The Morgan fingerprint density at radius 1 is 1.40 bits per heavy atom. The molecule has 1 atom stereocenters. The van der Waals surface area contributed by atoms with Crippen LogP contribution in [0.2, 0.25) is 0 Å². The lowest BCUT2D eigenvalue weighted by Crippen LogP contribution is -2.28. The molecule has 25 heavy (non-hydrogen) atoms. The summed E-state index contributed by atoms with van der Waals surface area (Å²) in [6.45, 7) is 2.41. The van der Waals surface area contributed by atoms with Crippen LogP contribution in [0.15, 0.2) is 36.7 Å². The summed E-state index contributed by atoms with van der Waals surface area (Å²) >= 11 is 0. The topological polar surface area (TPSA) is 80.5 Å². The summed E-state index contributed by atoms with van der Waals surface area (Å²) in [5.74, 6) is 0.568. The monoisotopic (exact) mass is 343 g/mol. The minimum atomic E-state index is -0.393. The fraction of sp³-hybridized carbons (Fsp3) is 0.235. The number of carbonyl (C=O) groups excluding carboxylic acids is 1. The molecule has 0 aliphatic carbocycles. The van der Waals surface area contributed by atoms with Crippen molar-refractivity contribution in [2.45, 2.75) is 13.0 Å². The van der Waals surface area contributed by atoms with Gasteiger partial charge in [0.25, 0.3) is 0 Å². The van der Waals surface area contributed by atoms with E-state index >= 15 is 0 Å². The Labute approximate surface area is 143 Å². The molecule has 130 valence electrons. The maximum atomic E-state index is 13.6. The van der Waals surface area contributed by atoms with Crippen molar-refractivity contribution in [2.24, 2.45) is 0 Å². The highest BCUT2D eigenvalue weighted by Crippen LogP contribution is 2.28. The van der Waals surface area contributed by atoms with Crippen LogP contribution in [0.3, 0.4) is 0 Å². The van der Waals surface area contributed by atoms with Crippen LogP contribution >= 0.6 is 0 Å². The van der Waals surface area contributed by atoms with Gasteiger partial charge in [-0.2, -0.15) is 5.10 Å². The molecule has 0 fully saturated rings. The molecular weight excluding hydrogens is 325 g/mol. The summed E-state index contributed by atoms with van der Waals surface area (Å²) in [5, 5.41) is 10.1. The van der Waals surface area contributed by atoms with Crippen LogP contribution in [0.4, 0.5) is 15.9 Å². The number of nitrogens with zero attached hydrogens (tertiary/aromatic N) is 3. The zero-order valence-corrected chi connectivity index (χ0v) is 13.9. The summed E-state index contributed by atoms with van der Waals surface area (Å²) in [5.41, 5.74) is 1.25. The van der Waals surface area contributed by atoms with E-state index in [0.717, 1.165) is 0 Å². The molecule has 2 N–H and O–H groups in total. The molecule has 0 saturated heterocycles. The predicted molar refractivity (Wildman–Crippen MR) is 92.1 cm³/mol. The third-order valence-electron chi connectivity index (χ3n) is 3.71. The lowest BCUT2D eigenvalue weighted by atomic mass is 10.2. The molecule has 0 radical (unpaired) electrons. The van der Waals surface area contributed by atoms with Gasteiger partial charge in [0.05, 0.1) is 17.4 Å². The molecule has 8 heteroatoms. The molecular formula is C17H18FN5O2. The second-order valence-electron chi connectivity index (χ2n) is 5.56. The van der Waals surface area contributed by atoms with Crippen molar-refractivity contribution in [2.75, 3.05) is 19.0 Å². The number of hydrogen-bond acceptors (Lipinski definition) is 6. The quantitative estimate of drug-likeness (QED) is 0.641. The van der Waals surface area contributed by atoms with Gasteiger partial charge in [-0.15, -0.1) is 0 Å². The maximum Gasteiger partial charge on any atom is 0.167 e. The van der Waals surface area contributed by atoms with E-state index in [0.29, 0.717) is 41.4 Å². The average molecular weight is 343 g/mol. The van der Waals surface area contributed by atoms with Crippen molar-refractivity contribution in [3.05, 3.63) is 48.0 Å². The Morgan fingerprint density at radius 2 is 2.24 bits per heavy atom. The van der Waals surface area contributed by atoms with Crippen molar-refractivity contribution >= 4 is 23.4 Å². The van der Waals surface area contributed by atoms with Gasteiger partial charge in [0, 0.05) is 18.3 Å². The number of carbonyl (C=O) groups is 1. The van der Waals surface area contributed by atoms with Crippen molar-refractivity contribution in [3.8, 4) is 5.75 Å². The zero-order valence-electron chi connectivity index (χ0n) is 13.9. The molecule has 0 aliphatic heterocycles. The van der Waals surface area contributed by atoms with Crippen molar-refractivity contribution in [1.29, 1.82) is 0 Å².